The molecule has 292 valence electrons. The van der Waals surface area contributed by atoms with Gasteiger partial charge in [-0.05, 0) is 25.3 Å². The summed E-state index contributed by atoms with van der Waals surface area (Å²) in [6, 6.07) is 0. The van der Waals surface area contributed by atoms with E-state index < -0.39 is 20.5 Å². The summed E-state index contributed by atoms with van der Waals surface area (Å²) < 4.78 is 26.8. The highest BCUT2D eigenvalue weighted by Gasteiger charge is 2.21. The average Bonchev–Trinajstić information content (AvgIpc) is 3.07. The topological polar surface area (TPSA) is 102 Å². The number of carbonyl (C=O) groups excluding carboxylic acids is 1. The Balaban J connectivity index is 3.80. The van der Waals surface area contributed by atoms with Crippen molar-refractivity contribution < 1.29 is 33.1 Å². The molecular formula is C41H81O7P. The summed E-state index contributed by atoms with van der Waals surface area (Å²) in [5.74, 6) is -0.379. The molecule has 0 aliphatic rings. The molecule has 0 aliphatic carbocycles. The number of hydrogen-bond donors (Lipinski definition) is 2. The number of ether oxygens (including phenoxy) is 2. The summed E-state index contributed by atoms with van der Waals surface area (Å²) in [7, 11) is -4.66. The number of phosphoric acid groups is 1. The minimum absolute atomic E-state index is 0.0000270. The van der Waals surface area contributed by atoms with Crippen molar-refractivity contribution in [2.24, 2.45) is 0 Å². The van der Waals surface area contributed by atoms with E-state index in [0.29, 0.717) is 6.42 Å². The van der Waals surface area contributed by atoms with Crippen molar-refractivity contribution in [1.82, 2.24) is 0 Å². The number of esters is 1. The van der Waals surface area contributed by atoms with Crippen LogP contribution < -0.4 is 0 Å². The molecule has 0 rings (SSSR count). The Bertz CT molecular complexity index is 754. The molecule has 0 aromatic rings. The first-order chi connectivity index (χ1) is 23.9. The Kier molecular flexibility index (Phi) is 37.7. The van der Waals surface area contributed by atoms with E-state index in [9.17, 15) is 9.36 Å². The summed E-state index contributed by atoms with van der Waals surface area (Å²) in [5.41, 5.74) is 0. The van der Waals surface area contributed by atoms with Crippen molar-refractivity contribution in [2.75, 3.05) is 13.2 Å². The third-order valence-corrected chi connectivity index (χ3v) is 9.90. The zero-order chi connectivity index (χ0) is 35.9. The molecule has 0 heterocycles. The first-order valence-electron chi connectivity index (χ1n) is 21.0. The molecule has 0 spiro atoms. The van der Waals surface area contributed by atoms with E-state index in [2.05, 4.69) is 18.4 Å². The van der Waals surface area contributed by atoms with Crippen molar-refractivity contribution in [2.45, 2.75) is 232 Å². The van der Waals surface area contributed by atoms with Crippen LogP contribution in [0.5, 0.6) is 0 Å². The highest BCUT2D eigenvalue weighted by Crippen LogP contribution is 2.36. The van der Waals surface area contributed by atoms with Gasteiger partial charge in [0, 0.05) is 6.42 Å². The van der Waals surface area contributed by atoms with Gasteiger partial charge >= 0.3 is 13.8 Å². The molecule has 0 fully saturated rings. The fourth-order valence-electron chi connectivity index (χ4n) is 6.29. The van der Waals surface area contributed by atoms with Crippen LogP contribution in [0.3, 0.4) is 0 Å². The van der Waals surface area contributed by atoms with E-state index in [-0.39, 0.29) is 12.6 Å². The molecule has 0 saturated carbocycles. The molecule has 49 heavy (non-hydrogen) atoms. The summed E-state index contributed by atoms with van der Waals surface area (Å²) in [4.78, 5) is 30.6. The SMILES string of the molecule is CCCCCCCCCCCCCCCC/C=C\OC[C@H](COP(=O)(O)O)OC(=O)CCCCCCCCCCCCCCCCCCC. The van der Waals surface area contributed by atoms with Crippen LogP contribution in [0.15, 0.2) is 12.3 Å². The lowest BCUT2D eigenvalue weighted by Crippen LogP contribution is -2.27. The highest BCUT2D eigenvalue weighted by molar-refractivity contribution is 7.46. The molecule has 0 aromatic carbocycles. The molecule has 0 bridgehead atoms. The first-order valence-corrected chi connectivity index (χ1v) is 22.6. The van der Waals surface area contributed by atoms with Crippen LogP contribution in [-0.2, 0) is 23.4 Å². The molecule has 0 aromatic heterocycles. The van der Waals surface area contributed by atoms with Gasteiger partial charge in [0.15, 0.2) is 6.10 Å². The van der Waals surface area contributed by atoms with E-state index in [1.807, 2.05) is 6.08 Å². The second-order valence-corrected chi connectivity index (χ2v) is 15.6. The molecule has 0 amide bonds. The summed E-state index contributed by atoms with van der Waals surface area (Å²) in [6.45, 7) is 4.14. The third kappa shape index (κ3) is 41.4. The second kappa shape index (κ2) is 38.4. The number of unbranched alkanes of at least 4 members (excludes halogenated alkanes) is 30. The van der Waals surface area contributed by atoms with Crippen LogP contribution in [0.4, 0.5) is 0 Å². The molecule has 0 saturated heterocycles. The maximum atomic E-state index is 12.4. The summed E-state index contributed by atoms with van der Waals surface area (Å²) in [6.07, 6.45) is 44.4. The van der Waals surface area contributed by atoms with Crippen LogP contribution in [-0.4, -0.2) is 35.1 Å². The quantitative estimate of drug-likeness (QED) is 0.0282. The lowest BCUT2D eigenvalue weighted by atomic mass is 10.0. The van der Waals surface area contributed by atoms with Crippen molar-refractivity contribution in [3.05, 3.63) is 12.3 Å². The molecular weight excluding hydrogens is 635 g/mol. The molecule has 2 N–H and O–H groups in total. The molecule has 7 nitrogen and oxygen atoms in total. The van der Waals surface area contributed by atoms with E-state index in [0.717, 1.165) is 32.1 Å². The van der Waals surface area contributed by atoms with Gasteiger partial charge < -0.3 is 19.3 Å². The number of allylic oxidation sites excluding steroid dienone is 1. The van der Waals surface area contributed by atoms with Crippen LogP contribution in [0.25, 0.3) is 0 Å². The van der Waals surface area contributed by atoms with Gasteiger partial charge in [-0.1, -0.05) is 200 Å². The monoisotopic (exact) mass is 717 g/mol. The van der Waals surface area contributed by atoms with Crippen molar-refractivity contribution in [3.8, 4) is 0 Å². The zero-order valence-corrected chi connectivity index (χ0v) is 33.3. The highest BCUT2D eigenvalue weighted by atomic mass is 31.2. The van der Waals surface area contributed by atoms with Gasteiger partial charge in [0.2, 0.25) is 0 Å². The van der Waals surface area contributed by atoms with Gasteiger partial charge in [0.25, 0.3) is 0 Å². The van der Waals surface area contributed by atoms with Gasteiger partial charge in [0.1, 0.15) is 6.61 Å². The Labute approximate surface area is 303 Å². The van der Waals surface area contributed by atoms with Crippen molar-refractivity contribution in [3.63, 3.8) is 0 Å². The van der Waals surface area contributed by atoms with Gasteiger partial charge in [-0.25, -0.2) is 4.57 Å². The third-order valence-electron chi connectivity index (χ3n) is 9.41. The van der Waals surface area contributed by atoms with Crippen molar-refractivity contribution >= 4 is 13.8 Å². The van der Waals surface area contributed by atoms with Gasteiger partial charge in [-0.15, -0.1) is 0 Å². The van der Waals surface area contributed by atoms with E-state index in [1.54, 1.807) is 6.26 Å². The van der Waals surface area contributed by atoms with E-state index in [4.69, 9.17) is 19.3 Å². The second-order valence-electron chi connectivity index (χ2n) is 14.4. The Hall–Kier alpha value is -0.880. The zero-order valence-electron chi connectivity index (χ0n) is 32.4. The summed E-state index contributed by atoms with van der Waals surface area (Å²) in [5, 5.41) is 0. The minimum atomic E-state index is -4.66. The molecule has 0 aliphatic heterocycles. The number of rotatable bonds is 40. The normalized spacial score (nSPS) is 12.6. The van der Waals surface area contributed by atoms with Crippen LogP contribution in [0.2, 0.25) is 0 Å². The predicted molar refractivity (Wildman–Crippen MR) is 207 cm³/mol. The standard InChI is InChI=1S/C41H81O7P/c1-3-5-7-9-11-13-15-17-19-21-22-24-26-28-30-32-34-36-41(42)48-40(39-47-49(43,44)45)38-46-37-35-33-31-29-27-25-23-20-18-16-14-12-10-8-6-4-2/h35,37,40H,3-34,36,38-39H2,1-2H3,(H2,43,44,45)/b37-35-/t40-/m1/s1. The fourth-order valence-corrected chi connectivity index (χ4v) is 6.65. The Morgan fingerprint density at radius 2 is 0.878 bits per heavy atom. The smallest absolute Gasteiger partial charge is 0.469 e. The minimum Gasteiger partial charge on any atom is -0.498 e. The van der Waals surface area contributed by atoms with Crippen LogP contribution >= 0.6 is 7.82 Å². The number of phosphoric ester groups is 1. The lowest BCUT2D eigenvalue weighted by molar-refractivity contribution is -0.153. The summed E-state index contributed by atoms with van der Waals surface area (Å²) >= 11 is 0. The largest absolute Gasteiger partial charge is 0.498 e. The number of hydrogen-bond acceptors (Lipinski definition) is 5. The molecule has 0 radical (unpaired) electrons. The van der Waals surface area contributed by atoms with Gasteiger partial charge in [-0.3, -0.25) is 9.32 Å². The van der Waals surface area contributed by atoms with Crippen LogP contribution in [0.1, 0.15) is 226 Å². The molecule has 1 atom stereocenters. The van der Waals surface area contributed by atoms with Gasteiger partial charge in [-0.2, -0.15) is 0 Å². The Morgan fingerprint density at radius 3 is 1.24 bits per heavy atom. The van der Waals surface area contributed by atoms with Gasteiger partial charge in [0.05, 0.1) is 12.9 Å². The van der Waals surface area contributed by atoms with Crippen LogP contribution in [0, 0.1) is 0 Å². The number of carbonyl (C=O) groups is 1. The average molecular weight is 717 g/mol. The maximum absolute atomic E-state index is 12.4. The Morgan fingerprint density at radius 1 is 0.531 bits per heavy atom. The predicted octanol–water partition coefficient (Wildman–Crippen LogP) is 13.5. The van der Waals surface area contributed by atoms with E-state index >= 15 is 0 Å². The fraction of sp³-hybridized carbons (Fsp3) is 0.927. The molecule has 8 heteroatoms. The molecule has 0 unspecified atom stereocenters. The maximum Gasteiger partial charge on any atom is 0.469 e. The van der Waals surface area contributed by atoms with Crippen molar-refractivity contribution in [1.29, 1.82) is 0 Å². The lowest BCUT2D eigenvalue weighted by Gasteiger charge is -2.18. The van der Waals surface area contributed by atoms with E-state index in [1.165, 1.54) is 173 Å². The first kappa shape index (κ1) is 48.1.